The van der Waals surface area contributed by atoms with Crippen molar-refractivity contribution in [2.45, 2.75) is 18.9 Å². The van der Waals surface area contributed by atoms with Crippen molar-refractivity contribution in [3.63, 3.8) is 0 Å². The van der Waals surface area contributed by atoms with Crippen LogP contribution in [0.5, 0.6) is 0 Å². The maximum atomic E-state index is 7.49. The number of rotatable bonds is 3. The summed E-state index contributed by atoms with van der Waals surface area (Å²) in [7, 11) is 1.74. The van der Waals surface area contributed by atoms with Gasteiger partial charge in [0.1, 0.15) is 11.5 Å². The molecule has 6 nitrogen and oxygen atoms in total. The Hall–Kier alpha value is -1.69. The molecule has 0 radical (unpaired) electrons. The van der Waals surface area contributed by atoms with Gasteiger partial charge in [-0.25, -0.2) is 9.97 Å². The van der Waals surface area contributed by atoms with Crippen LogP contribution in [0.1, 0.15) is 18.5 Å². The van der Waals surface area contributed by atoms with E-state index < -0.39 is 0 Å². The van der Waals surface area contributed by atoms with Gasteiger partial charge in [0.05, 0.1) is 6.10 Å². The molecule has 0 aromatic carbocycles. The summed E-state index contributed by atoms with van der Waals surface area (Å²) in [5, 5.41) is 7.49. The molecule has 1 fully saturated rings. The van der Waals surface area contributed by atoms with Crippen LogP contribution in [0.3, 0.4) is 0 Å². The molecule has 2 rings (SSSR count). The SMILES string of the molecule is COC1CCN(c2nccnc2C(=N)N)CC1. The van der Waals surface area contributed by atoms with Crippen LogP contribution in [0, 0.1) is 5.41 Å². The highest BCUT2D eigenvalue weighted by Gasteiger charge is 2.22. The van der Waals surface area contributed by atoms with Gasteiger partial charge < -0.3 is 15.4 Å². The summed E-state index contributed by atoms with van der Waals surface area (Å²) in [6.45, 7) is 1.72. The van der Waals surface area contributed by atoms with Gasteiger partial charge in [-0.15, -0.1) is 0 Å². The highest BCUT2D eigenvalue weighted by Crippen LogP contribution is 2.21. The molecular weight excluding hydrogens is 218 g/mol. The third kappa shape index (κ3) is 2.52. The first kappa shape index (κ1) is 11.8. The van der Waals surface area contributed by atoms with E-state index in [2.05, 4.69) is 14.9 Å². The second-order valence-electron chi connectivity index (χ2n) is 4.06. The predicted molar refractivity (Wildman–Crippen MR) is 65.3 cm³/mol. The Bertz CT molecular complexity index is 401. The molecule has 0 bridgehead atoms. The van der Waals surface area contributed by atoms with Gasteiger partial charge in [-0.1, -0.05) is 0 Å². The standard InChI is InChI=1S/C11H17N5O/c1-17-8-2-6-16(7-3-8)11-9(10(12)13)14-4-5-15-11/h4-5,8H,2-3,6-7H2,1H3,(H3,12,13). The minimum atomic E-state index is -0.0398. The van der Waals surface area contributed by atoms with Crippen LogP contribution in [-0.2, 0) is 4.74 Å². The summed E-state index contributed by atoms with van der Waals surface area (Å²) in [6, 6.07) is 0. The van der Waals surface area contributed by atoms with Gasteiger partial charge in [0.15, 0.2) is 5.82 Å². The van der Waals surface area contributed by atoms with E-state index in [0.29, 0.717) is 17.6 Å². The highest BCUT2D eigenvalue weighted by atomic mass is 16.5. The van der Waals surface area contributed by atoms with Gasteiger partial charge in [-0.05, 0) is 12.8 Å². The number of hydrogen-bond acceptors (Lipinski definition) is 5. The fraction of sp³-hybridized carbons (Fsp3) is 0.545. The molecule has 0 unspecified atom stereocenters. The highest BCUT2D eigenvalue weighted by molar-refractivity contribution is 5.97. The van der Waals surface area contributed by atoms with E-state index in [0.717, 1.165) is 25.9 Å². The number of piperidine rings is 1. The van der Waals surface area contributed by atoms with Crippen LogP contribution in [0.4, 0.5) is 5.82 Å². The van der Waals surface area contributed by atoms with Crippen LogP contribution in [0.25, 0.3) is 0 Å². The number of methoxy groups -OCH3 is 1. The molecule has 92 valence electrons. The van der Waals surface area contributed by atoms with E-state index in [-0.39, 0.29) is 5.84 Å². The molecule has 1 saturated heterocycles. The third-order valence-electron chi connectivity index (χ3n) is 3.01. The first-order chi connectivity index (χ1) is 8.22. The molecule has 0 saturated carbocycles. The summed E-state index contributed by atoms with van der Waals surface area (Å²) < 4.78 is 5.32. The lowest BCUT2D eigenvalue weighted by Crippen LogP contribution is -2.38. The number of nitrogen functional groups attached to an aromatic ring is 1. The van der Waals surface area contributed by atoms with Crippen LogP contribution < -0.4 is 10.6 Å². The van der Waals surface area contributed by atoms with E-state index in [1.165, 1.54) is 0 Å². The number of anilines is 1. The molecule has 1 aliphatic heterocycles. The zero-order valence-electron chi connectivity index (χ0n) is 9.89. The van der Waals surface area contributed by atoms with Gasteiger partial charge in [0.2, 0.25) is 0 Å². The van der Waals surface area contributed by atoms with Crippen molar-refractivity contribution in [1.29, 1.82) is 5.41 Å². The van der Waals surface area contributed by atoms with Gasteiger partial charge in [0, 0.05) is 32.6 Å². The molecule has 0 amide bonds. The minimum absolute atomic E-state index is 0.0398. The average molecular weight is 235 g/mol. The number of nitrogens with zero attached hydrogens (tertiary/aromatic N) is 3. The van der Waals surface area contributed by atoms with E-state index in [4.69, 9.17) is 15.9 Å². The van der Waals surface area contributed by atoms with E-state index in [1.807, 2.05) is 0 Å². The van der Waals surface area contributed by atoms with Crippen molar-refractivity contribution in [3.8, 4) is 0 Å². The number of nitrogens with one attached hydrogen (secondary N) is 1. The lowest BCUT2D eigenvalue weighted by Gasteiger charge is -2.32. The normalized spacial score (nSPS) is 17.1. The maximum Gasteiger partial charge on any atom is 0.158 e. The van der Waals surface area contributed by atoms with Crippen LogP contribution in [0.2, 0.25) is 0 Å². The summed E-state index contributed by atoms with van der Waals surface area (Å²) in [5.74, 6) is 0.663. The second-order valence-corrected chi connectivity index (χ2v) is 4.06. The average Bonchev–Trinajstić information content (AvgIpc) is 2.39. The minimum Gasteiger partial charge on any atom is -0.382 e. The van der Waals surface area contributed by atoms with E-state index in [1.54, 1.807) is 19.5 Å². The Kier molecular flexibility index (Phi) is 3.53. The molecule has 1 aromatic heterocycles. The molecule has 0 aliphatic carbocycles. The smallest absolute Gasteiger partial charge is 0.158 e. The fourth-order valence-corrected chi connectivity index (χ4v) is 2.06. The molecule has 3 N–H and O–H groups in total. The van der Waals surface area contributed by atoms with Gasteiger partial charge >= 0.3 is 0 Å². The molecule has 6 heteroatoms. The van der Waals surface area contributed by atoms with Gasteiger partial charge in [0.25, 0.3) is 0 Å². The van der Waals surface area contributed by atoms with Crippen LogP contribution >= 0.6 is 0 Å². The third-order valence-corrected chi connectivity index (χ3v) is 3.01. The number of ether oxygens (including phenoxy) is 1. The Morgan fingerprint density at radius 3 is 2.65 bits per heavy atom. The van der Waals surface area contributed by atoms with Crippen molar-refractivity contribution in [2.75, 3.05) is 25.1 Å². The van der Waals surface area contributed by atoms with Crippen molar-refractivity contribution >= 4 is 11.7 Å². The molecule has 17 heavy (non-hydrogen) atoms. The molecule has 2 heterocycles. The van der Waals surface area contributed by atoms with Gasteiger partial charge in [-0.2, -0.15) is 0 Å². The van der Waals surface area contributed by atoms with Crippen LogP contribution in [0.15, 0.2) is 12.4 Å². The Labute approximate surface area is 100 Å². The lowest BCUT2D eigenvalue weighted by atomic mass is 10.1. The molecule has 1 aromatic rings. The van der Waals surface area contributed by atoms with Gasteiger partial charge in [-0.3, -0.25) is 5.41 Å². The van der Waals surface area contributed by atoms with E-state index in [9.17, 15) is 0 Å². The first-order valence-electron chi connectivity index (χ1n) is 5.65. The second kappa shape index (κ2) is 5.09. The van der Waals surface area contributed by atoms with Crippen molar-refractivity contribution in [3.05, 3.63) is 18.1 Å². The van der Waals surface area contributed by atoms with Crippen LogP contribution in [-0.4, -0.2) is 42.1 Å². The lowest BCUT2D eigenvalue weighted by molar-refractivity contribution is 0.0818. The van der Waals surface area contributed by atoms with Crippen molar-refractivity contribution in [2.24, 2.45) is 5.73 Å². The summed E-state index contributed by atoms with van der Waals surface area (Å²) in [6.07, 6.45) is 5.44. The molecule has 1 aliphatic rings. The zero-order valence-corrected chi connectivity index (χ0v) is 9.89. The monoisotopic (exact) mass is 235 g/mol. The zero-order chi connectivity index (χ0) is 12.3. The topological polar surface area (TPSA) is 88.1 Å². The first-order valence-corrected chi connectivity index (χ1v) is 5.65. The molecular formula is C11H17N5O. The number of hydrogen-bond donors (Lipinski definition) is 2. The summed E-state index contributed by atoms with van der Waals surface area (Å²) in [5.41, 5.74) is 5.97. The fourth-order valence-electron chi connectivity index (χ4n) is 2.06. The van der Waals surface area contributed by atoms with E-state index >= 15 is 0 Å². The van der Waals surface area contributed by atoms with Crippen molar-refractivity contribution < 1.29 is 4.74 Å². The summed E-state index contributed by atoms with van der Waals surface area (Å²) >= 11 is 0. The Balaban J connectivity index is 2.15. The predicted octanol–water partition coefficient (Wildman–Crippen LogP) is 0.376. The maximum absolute atomic E-state index is 7.49. The summed E-state index contributed by atoms with van der Waals surface area (Å²) in [4.78, 5) is 10.5. The number of amidine groups is 1. The number of nitrogens with two attached hydrogens (primary N) is 1. The molecule has 0 atom stereocenters. The molecule has 0 spiro atoms. The Morgan fingerprint density at radius 2 is 2.06 bits per heavy atom. The van der Waals surface area contributed by atoms with Crippen molar-refractivity contribution in [1.82, 2.24) is 9.97 Å². The Morgan fingerprint density at radius 1 is 1.41 bits per heavy atom. The number of aromatic nitrogens is 2. The quantitative estimate of drug-likeness (QED) is 0.584. The largest absolute Gasteiger partial charge is 0.382 e.